The fourth-order valence-electron chi connectivity index (χ4n) is 1.84. The molecule has 0 saturated heterocycles. The molecule has 2 nitrogen and oxygen atoms in total. The molecule has 88 valence electrons. The number of hydrogen-bond acceptors (Lipinski definition) is 2. The fraction of sp³-hybridized carbons (Fsp3) is 0.500. The molecule has 0 atom stereocenters. The smallest absolute Gasteiger partial charge is 0.169 e. The molecule has 0 aromatic heterocycles. The van der Waals surface area contributed by atoms with E-state index in [1.165, 1.54) is 0 Å². The molecule has 0 aliphatic rings. The minimum Gasteiger partial charge on any atom is -0.507 e. The Kier molecular flexibility index (Phi) is 3.74. The van der Waals surface area contributed by atoms with Gasteiger partial charge in [0.25, 0.3) is 0 Å². The van der Waals surface area contributed by atoms with Crippen molar-refractivity contribution >= 4 is 5.78 Å². The van der Waals surface area contributed by atoms with Crippen LogP contribution in [0.1, 0.15) is 55.1 Å². The van der Waals surface area contributed by atoms with Gasteiger partial charge in [-0.2, -0.15) is 0 Å². The summed E-state index contributed by atoms with van der Waals surface area (Å²) in [5.74, 6) is 0.368. The average Bonchev–Trinajstić information content (AvgIpc) is 2.16. The zero-order valence-electron chi connectivity index (χ0n) is 10.7. The van der Waals surface area contributed by atoms with E-state index in [0.717, 1.165) is 11.1 Å². The quantitative estimate of drug-likeness (QED) is 0.789. The lowest BCUT2D eigenvalue weighted by Gasteiger charge is -2.14. The Morgan fingerprint density at radius 1 is 1.19 bits per heavy atom. The van der Waals surface area contributed by atoms with Crippen LogP contribution in [0.5, 0.6) is 5.75 Å². The van der Waals surface area contributed by atoms with Gasteiger partial charge in [0.2, 0.25) is 0 Å². The maximum Gasteiger partial charge on any atom is 0.169 e. The number of benzene rings is 1. The summed E-state index contributed by atoms with van der Waals surface area (Å²) in [7, 11) is 0. The maximum atomic E-state index is 11.9. The molecule has 0 aliphatic heterocycles. The van der Waals surface area contributed by atoms with Gasteiger partial charge in [0.15, 0.2) is 5.78 Å². The highest BCUT2D eigenvalue weighted by Gasteiger charge is 2.17. The summed E-state index contributed by atoms with van der Waals surface area (Å²) in [5, 5.41) is 9.80. The van der Waals surface area contributed by atoms with Crippen LogP contribution in [0.15, 0.2) is 12.1 Å². The highest BCUT2D eigenvalue weighted by atomic mass is 16.3. The summed E-state index contributed by atoms with van der Waals surface area (Å²) in [6.07, 6.45) is 0. The van der Waals surface area contributed by atoms with Crippen molar-refractivity contribution in [3.05, 3.63) is 28.8 Å². The van der Waals surface area contributed by atoms with Gasteiger partial charge in [0, 0.05) is 5.92 Å². The first-order valence-electron chi connectivity index (χ1n) is 5.72. The van der Waals surface area contributed by atoms with Crippen molar-refractivity contribution in [3.8, 4) is 5.75 Å². The molecule has 0 aliphatic carbocycles. The number of carbonyl (C=O) groups excluding carboxylic acids is 1. The summed E-state index contributed by atoms with van der Waals surface area (Å²) in [4.78, 5) is 11.9. The van der Waals surface area contributed by atoms with Gasteiger partial charge < -0.3 is 5.11 Å². The Hall–Kier alpha value is -1.31. The third-order valence-electron chi connectivity index (χ3n) is 2.80. The number of Topliss-reactive ketones (excluding diaryl/α,β-unsaturated/α-hetero) is 1. The van der Waals surface area contributed by atoms with Gasteiger partial charge in [-0.3, -0.25) is 4.79 Å². The third kappa shape index (κ3) is 2.43. The number of hydrogen-bond donors (Lipinski definition) is 1. The molecule has 2 heteroatoms. The second-order valence-electron chi connectivity index (χ2n) is 4.90. The molecule has 1 rings (SSSR count). The fourth-order valence-corrected chi connectivity index (χ4v) is 1.84. The van der Waals surface area contributed by atoms with E-state index in [4.69, 9.17) is 0 Å². The molecule has 1 aromatic rings. The Morgan fingerprint density at radius 3 is 2.19 bits per heavy atom. The van der Waals surface area contributed by atoms with Gasteiger partial charge >= 0.3 is 0 Å². The first kappa shape index (κ1) is 12.8. The van der Waals surface area contributed by atoms with Gasteiger partial charge in [-0.25, -0.2) is 0 Å². The summed E-state index contributed by atoms with van der Waals surface area (Å²) < 4.78 is 0. The summed E-state index contributed by atoms with van der Waals surface area (Å²) in [5.41, 5.74) is 2.61. The van der Waals surface area contributed by atoms with Gasteiger partial charge in [-0.1, -0.05) is 27.7 Å². The van der Waals surface area contributed by atoms with E-state index in [9.17, 15) is 9.90 Å². The summed E-state index contributed by atoms with van der Waals surface area (Å²) in [6.45, 7) is 9.82. The van der Waals surface area contributed by atoms with Crippen LogP contribution < -0.4 is 0 Å². The van der Waals surface area contributed by atoms with Crippen molar-refractivity contribution in [1.82, 2.24) is 0 Å². The maximum absolute atomic E-state index is 11.9. The standard InChI is InChI=1S/C14H20O2/c1-8(2)11-7-12(14(16)9(3)4)13(15)6-10(11)5/h6-9,15H,1-5H3. The molecule has 0 bridgehead atoms. The van der Waals surface area contributed by atoms with E-state index >= 15 is 0 Å². The molecule has 16 heavy (non-hydrogen) atoms. The van der Waals surface area contributed by atoms with Crippen LogP contribution in [0.25, 0.3) is 0 Å². The zero-order chi connectivity index (χ0) is 12.5. The summed E-state index contributed by atoms with van der Waals surface area (Å²) in [6, 6.07) is 3.52. The van der Waals surface area contributed by atoms with E-state index in [1.807, 2.05) is 26.8 Å². The molecule has 0 heterocycles. The molecule has 0 amide bonds. The van der Waals surface area contributed by atoms with Gasteiger partial charge in [-0.15, -0.1) is 0 Å². The van der Waals surface area contributed by atoms with Crippen molar-refractivity contribution in [2.45, 2.75) is 40.5 Å². The molecule has 0 radical (unpaired) electrons. The van der Waals surface area contributed by atoms with Crippen molar-refractivity contribution in [3.63, 3.8) is 0 Å². The number of phenolic OH excluding ortho intramolecular Hbond substituents is 1. The van der Waals surface area contributed by atoms with Gasteiger partial charge in [0.05, 0.1) is 5.56 Å². The Morgan fingerprint density at radius 2 is 1.75 bits per heavy atom. The second kappa shape index (κ2) is 4.69. The molecular formula is C14H20O2. The predicted molar refractivity (Wildman–Crippen MR) is 66.1 cm³/mol. The largest absolute Gasteiger partial charge is 0.507 e. The Bertz CT molecular complexity index is 403. The predicted octanol–water partition coefficient (Wildman–Crippen LogP) is 3.66. The minimum atomic E-state index is -0.0892. The van der Waals surface area contributed by atoms with Crippen LogP contribution in [0, 0.1) is 12.8 Å². The van der Waals surface area contributed by atoms with E-state index in [2.05, 4.69) is 13.8 Å². The average molecular weight is 220 g/mol. The SMILES string of the molecule is Cc1cc(O)c(C(=O)C(C)C)cc1C(C)C. The Balaban J connectivity index is 3.30. The summed E-state index contributed by atoms with van der Waals surface area (Å²) >= 11 is 0. The third-order valence-corrected chi connectivity index (χ3v) is 2.80. The van der Waals surface area contributed by atoms with Gasteiger partial charge in [0.1, 0.15) is 5.75 Å². The molecular weight excluding hydrogens is 200 g/mol. The highest BCUT2D eigenvalue weighted by Crippen LogP contribution is 2.28. The number of aromatic hydroxyl groups is 1. The van der Waals surface area contributed by atoms with Crippen LogP contribution in [-0.4, -0.2) is 10.9 Å². The molecule has 0 saturated carbocycles. The van der Waals surface area contributed by atoms with E-state index in [0.29, 0.717) is 11.5 Å². The van der Waals surface area contributed by atoms with Crippen molar-refractivity contribution in [2.75, 3.05) is 0 Å². The van der Waals surface area contributed by atoms with E-state index in [-0.39, 0.29) is 17.5 Å². The van der Waals surface area contributed by atoms with Crippen LogP contribution in [0.3, 0.4) is 0 Å². The highest BCUT2D eigenvalue weighted by molar-refractivity contribution is 6.00. The van der Waals surface area contributed by atoms with Crippen LogP contribution in [-0.2, 0) is 0 Å². The molecule has 0 unspecified atom stereocenters. The van der Waals surface area contributed by atoms with E-state index < -0.39 is 0 Å². The number of rotatable bonds is 3. The van der Waals surface area contributed by atoms with Crippen molar-refractivity contribution < 1.29 is 9.90 Å². The van der Waals surface area contributed by atoms with Crippen molar-refractivity contribution in [1.29, 1.82) is 0 Å². The van der Waals surface area contributed by atoms with Crippen LogP contribution in [0.4, 0.5) is 0 Å². The Labute approximate surface area is 97.3 Å². The number of aryl methyl sites for hydroxylation is 1. The molecule has 1 N–H and O–H groups in total. The van der Waals surface area contributed by atoms with Crippen LogP contribution >= 0.6 is 0 Å². The zero-order valence-corrected chi connectivity index (χ0v) is 10.7. The van der Waals surface area contributed by atoms with Crippen LogP contribution in [0.2, 0.25) is 0 Å². The van der Waals surface area contributed by atoms with E-state index in [1.54, 1.807) is 6.07 Å². The first-order chi connectivity index (χ1) is 7.34. The van der Waals surface area contributed by atoms with Crippen molar-refractivity contribution in [2.24, 2.45) is 5.92 Å². The topological polar surface area (TPSA) is 37.3 Å². The number of ketones is 1. The minimum absolute atomic E-state index is 0.000556. The number of phenols is 1. The first-order valence-corrected chi connectivity index (χ1v) is 5.72. The normalized spacial score (nSPS) is 11.2. The molecule has 0 fully saturated rings. The lowest BCUT2D eigenvalue weighted by Crippen LogP contribution is -2.09. The number of carbonyl (C=O) groups is 1. The molecule has 1 aromatic carbocycles. The lowest BCUT2D eigenvalue weighted by atomic mass is 9.91. The monoisotopic (exact) mass is 220 g/mol. The van der Waals surface area contributed by atoms with Gasteiger partial charge in [-0.05, 0) is 36.1 Å². The molecule has 0 spiro atoms. The lowest BCUT2D eigenvalue weighted by molar-refractivity contribution is 0.0936. The second-order valence-corrected chi connectivity index (χ2v) is 4.90.